The van der Waals surface area contributed by atoms with Crippen LogP contribution < -0.4 is 0 Å². The summed E-state index contributed by atoms with van der Waals surface area (Å²) >= 11 is 0. The van der Waals surface area contributed by atoms with Gasteiger partial charge in [0.05, 0.1) is 6.26 Å². The molecular formula is C14H30N2O2S. The number of nitrogens with zero attached hydrogens (tertiary/aromatic N) is 2. The van der Waals surface area contributed by atoms with Crippen molar-refractivity contribution in [1.29, 1.82) is 0 Å². The minimum atomic E-state index is -3.15. The summed E-state index contributed by atoms with van der Waals surface area (Å²) in [5, 5.41) is 0. The van der Waals surface area contributed by atoms with Gasteiger partial charge in [0.2, 0.25) is 10.0 Å². The highest BCUT2D eigenvalue weighted by atomic mass is 32.2. The van der Waals surface area contributed by atoms with Crippen LogP contribution >= 0.6 is 0 Å². The molecule has 0 saturated carbocycles. The van der Waals surface area contributed by atoms with Gasteiger partial charge in [-0.1, -0.05) is 20.8 Å². The first-order chi connectivity index (χ1) is 8.33. The quantitative estimate of drug-likeness (QED) is 0.797. The van der Waals surface area contributed by atoms with Crippen molar-refractivity contribution >= 4 is 10.0 Å². The Kier molecular flexibility index (Phi) is 4.75. The van der Waals surface area contributed by atoms with Gasteiger partial charge in [-0.3, -0.25) is 4.90 Å². The molecule has 0 aromatic rings. The van der Waals surface area contributed by atoms with Gasteiger partial charge in [-0.05, 0) is 32.6 Å². The molecule has 0 N–H and O–H groups in total. The molecule has 1 fully saturated rings. The van der Waals surface area contributed by atoms with Gasteiger partial charge in [-0.25, -0.2) is 8.42 Å². The van der Waals surface area contributed by atoms with Crippen LogP contribution in [0.25, 0.3) is 0 Å². The second-order valence-electron chi connectivity index (χ2n) is 7.71. The van der Waals surface area contributed by atoms with Crippen molar-refractivity contribution in [3.05, 3.63) is 0 Å². The standard InChI is InChI=1S/C14H30N2O2S/c1-13(2,3)12-8-9-15(12)10-11-16(14(4,5)6)19(7,17)18/h12H,8-11H2,1-7H3. The summed E-state index contributed by atoms with van der Waals surface area (Å²) < 4.78 is 25.4. The van der Waals surface area contributed by atoms with E-state index in [0.29, 0.717) is 12.6 Å². The predicted octanol–water partition coefficient (Wildman–Crippen LogP) is 2.17. The smallest absolute Gasteiger partial charge is 0.211 e. The minimum absolute atomic E-state index is 0.274. The van der Waals surface area contributed by atoms with Crippen molar-refractivity contribution in [2.24, 2.45) is 5.41 Å². The van der Waals surface area contributed by atoms with Crippen molar-refractivity contribution in [2.75, 3.05) is 25.9 Å². The number of likely N-dealkylation sites (tertiary alicyclic amines) is 1. The zero-order valence-corrected chi connectivity index (χ0v) is 14.3. The molecule has 1 saturated heterocycles. The van der Waals surface area contributed by atoms with Crippen LogP contribution in [0.2, 0.25) is 0 Å². The zero-order chi connectivity index (χ0) is 15.1. The van der Waals surface area contributed by atoms with Gasteiger partial charge < -0.3 is 0 Å². The van der Waals surface area contributed by atoms with Crippen LogP contribution in [0, 0.1) is 5.41 Å². The zero-order valence-electron chi connectivity index (χ0n) is 13.5. The van der Waals surface area contributed by atoms with Gasteiger partial charge in [-0.15, -0.1) is 0 Å². The molecule has 1 atom stereocenters. The first-order valence-corrected chi connectivity index (χ1v) is 8.90. The third-order valence-electron chi connectivity index (χ3n) is 3.87. The molecule has 1 aliphatic rings. The normalized spacial score (nSPS) is 22.6. The number of hydrogen-bond donors (Lipinski definition) is 0. The summed E-state index contributed by atoms with van der Waals surface area (Å²) in [4.78, 5) is 2.41. The molecule has 0 aliphatic carbocycles. The van der Waals surface area contributed by atoms with Crippen molar-refractivity contribution in [2.45, 2.75) is 59.5 Å². The summed E-state index contributed by atoms with van der Waals surface area (Å²) in [6.45, 7) is 15.1. The van der Waals surface area contributed by atoms with E-state index in [4.69, 9.17) is 0 Å². The van der Waals surface area contributed by atoms with Gasteiger partial charge >= 0.3 is 0 Å². The Morgan fingerprint density at radius 1 is 1.16 bits per heavy atom. The summed E-state index contributed by atoms with van der Waals surface area (Å²) in [5.74, 6) is 0. The Morgan fingerprint density at radius 2 is 1.68 bits per heavy atom. The number of sulfonamides is 1. The van der Waals surface area contributed by atoms with Crippen LogP contribution in [-0.2, 0) is 10.0 Å². The van der Waals surface area contributed by atoms with Gasteiger partial charge in [0.15, 0.2) is 0 Å². The molecule has 19 heavy (non-hydrogen) atoms. The second kappa shape index (κ2) is 5.34. The molecule has 114 valence electrons. The Labute approximate surface area is 119 Å². The van der Waals surface area contributed by atoms with Gasteiger partial charge in [0, 0.05) is 31.2 Å². The predicted molar refractivity (Wildman–Crippen MR) is 80.7 cm³/mol. The summed E-state index contributed by atoms with van der Waals surface area (Å²) in [5.41, 5.74) is -0.0778. The highest BCUT2D eigenvalue weighted by Crippen LogP contribution is 2.33. The first-order valence-electron chi connectivity index (χ1n) is 7.05. The van der Waals surface area contributed by atoms with Crippen molar-refractivity contribution < 1.29 is 8.42 Å². The molecule has 1 unspecified atom stereocenters. The second-order valence-corrected chi connectivity index (χ2v) is 9.62. The average Bonchev–Trinajstić information content (AvgIpc) is 2.02. The first kappa shape index (κ1) is 16.9. The van der Waals surface area contributed by atoms with E-state index < -0.39 is 10.0 Å². The molecule has 0 bridgehead atoms. The van der Waals surface area contributed by atoms with E-state index in [1.165, 1.54) is 12.7 Å². The van der Waals surface area contributed by atoms with Gasteiger partial charge in [0.1, 0.15) is 0 Å². The van der Waals surface area contributed by atoms with Crippen LogP contribution in [0.4, 0.5) is 0 Å². The van der Waals surface area contributed by atoms with Gasteiger partial charge in [0.25, 0.3) is 0 Å². The molecule has 0 aromatic heterocycles. The van der Waals surface area contributed by atoms with Crippen LogP contribution in [0.1, 0.15) is 48.0 Å². The third-order valence-corrected chi connectivity index (χ3v) is 5.40. The van der Waals surface area contributed by atoms with E-state index >= 15 is 0 Å². The SMILES string of the molecule is CC(C)(C)C1CCN1CCN(C(C)(C)C)S(C)(=O)=O. The van der Waals surface area contributed by atoms with E-state index in [1.54, 1.807) is 4.31 Å². The Balaban J connectivity index is 2.65. The monoisotopic (exact) mass is 290 g/mol. The number of hydrogen-bond acceptors (Lipinski definition) is 3. The highest BCUT2D eigenvalue weighted by Gasteiger charge is 2.38. The van der Waals surface area contributed by atoms with Gasteiger partial charge in [-0.2, -0.15) is 4.31 Å². The van der Waals surface area contributed by atoms with E-state index in [0.717, 1.165) is 13.1 Å². The number of rotatable bonds is 4. The lowest BCUT2D eigenvalue weighted by molar-refractivity contribution is 0.00609. The molecule has 0 spiro atoms. The molecule has 1 rings (SSSR count). The fourth-order valence-corrected chi connectivity index (χ4v) is 4.32. The van der Waals surface area contributed by atoms with Crippen molar-refractivity contribution in [3.8, 4) is 0 Å². The minimum Gasteiger partial charge on any atom is -0.298 e. The molecule has 1 heterocycles. The molecule has 1 aliphatic heterocycles. The Hall–Kier alpha value is -0.130. The molecule has 4 nitrogen and oxygen atoms in total. The van der Waals surface area contributed by atoms with E-state index in [2.05, 4.69) is 25.7 Å². The average molecular weight is 290 g/mol. The summed E-state index contributed by atoms with van der Waals surface area (Å²) in [6.07, 6.45) is 2.52. The highest BCUT2D eigenvalue weighted by molar-refractivity contribution is 7.88. The largest absolute Gasteiger partial charge is 0.298 e. The maximum Gasteiger partial charge on any atom is 0.211 e. The molecular weight excluding hydrogens is 260 g/mol. The summed E-state index contributed by atoms with van der Waals surface area (Å²) in [7, 11) is -3.15. The molecule has 0 radical (unpaired) electrons. The lowest BCUT2D eigenvalue weighted by atomic mass is 9.79. The topological polar surface area (TPSA) is 40.6 Å². The van der Waals surface area contributed by atoms with Crippen molar-refractivity contribution in [1.82, 2.24) is 9.21 Å². The third kappa shape index (κ3) is 4.43. The Bertz CT molecular complexity index is 404. The van der Waals surface area contributed by atoms with Crippen LogP contribution in [-0.4, -0.2) is 55.1 Å². The van der Waals surface area contributed by atoms with Crippen molar-refractivity contribution in [3.63, 3.8) is 0 Å². The van der Waals surface area contributed by atoms with Crippen LogP contribution in [0.3, 0.4) is 0 Å². The Morgan fingerprint density at radius 3 is 1.95 bits per heavy atom. The fourth-order valence-electron chi connectivity index (χ4n) is 2.91. The fraction of sp³-hybridized carbons (Fsp3) is 1.00. The van der Waals surface area contributed by atoms with Crippen LogP contribution in [0.15, 0.2) is 0 Å². The van der Waals surface area contributed by atoms with E-state index in [9.17, 15) is 8.42 Å². The van der Waals surface area contributed by atoms with Crippen LogP contribution in [0.5, 0.6) is 0 Å². The molecule has 0 aromatic carbocycles. The maximum atomic E-state index is 11.9. The summed E-state index contributed by atoms with van der Waals surface area (Å²) in [6, 6.07) is 0.578. The maximum absolute atomic E-state index is 11.9. The molecule has 5 heteroatoms. The van der Waals surface area contributed by atoms with E-state index in [-0.39, 0.29) is 11.0 Å². The van der Waals surface area contributed by atoms with E-state index in [1.807, 2.05) is 20.8 Å². The molecule has 0 amide bonds. The lowest BCUT2D eigenvalue weighted by Gasteiger charge is -2.49. The lowest BCUT2D eigenvalue weighted by Crippen LogP contribution is -2.57.